The lowest BCUT2D eigenvalue weighted by Crippen LogP contribution is -2.18. The first-order chi connectivity index (χ1) is 9.63. The Labute approximate surface area is 124 Å². The maximum atomic E-state index is 5.89. The Bertz CT molecular complexity index is 550. The molecule has 0 amide bonds. The fourth-order valence-corrected chi connectivity index (χ4v) is 3.00. The zero-order valence-corrected chi connectivity index (χ0v) is 13.0. The van der Waals surface area contributed by atoms with Gasteiger partial charge in [0.1, 0.15) is 11.5 Å². The van der Waals surface area contributed by atoms with Gasteiger partial charge in [-0.15, -0.1) is 11.3 Å². The second-order valence-electron chi connectivity index (χ2n) is 4.91. The van der Waals surface area contributed by atoms with Crippen molar-refractivity contribution in [1.29, 1.82) is 0 Å². The van der Waals surface area contributed by atoms with Crippen LogP contribution in [0.5, 0.6) is 11.5 Å². The molecule has 0 aliphatic heterocycles. The number of methoxy groups -OCH3 is 2. The van der Waals surface area contributed by atoms with Crippen LogP contribution >= 0.6 is 11.3 Å². The van der Waals surface area contributed by atoms with Crippen molar-refractivity contribution in [3.05, 3.63) is 45.6 Å². The van der Waals surface area contributed by atoms with Crippen LogP contribution in [-0.4, -0.2) is 20.3 Å². The fraction of sp³-hybridized carbons (Fsp3) is 0.375. The number of hydrogen-bond acceptors (Lipinski definition) is 4. The number of ether oxygens (including phenoxy) is 2. The van der Waals surface area contributed by atoms with Crippen molar-refractivity contribution in [3.8, 4) is 11.5 Å². The molecule has 1 atom stereocenters. The van der Waals surface area contributed by atoms with Crippen LogP contribution in [0.3, 0.4) is 0 Å². The van der Waals surface area contributed by atoms with Gasteiger partial charge in [0.05, 0.1) is 14.2 Å². The molecule has 1 aromatic carbocycles. The minimum atomic E-state index is 0.0942. The first-order valence-electron chi connectivity index (χ1n) is 6.65. The second kappa shape index (κ2) is 6.77. The molecule has 0 aliphatic rings. The topological polar surface area (TPSA) is 44.5 Å². The molecule has 0 radical (unpaired) electrons. The molecule has 2 aromatic rings. The molecule has 1 aromatic heterocycles. The van der Waals surface area contributed by atoms with Crippen LogP contribution in [0.15, 0.2) is 29.6 Å². The number of thiophene rings is 1. The zero-order chi connectivity index (χ0) is 14.5. The van der Waals surface area contributed by atoms with Crippen molar-refractivity contribution in [2.45, 2.75) is 25.8 Å². The quantitative estimate of drug-likeness (QED) is 0.888. The Hall–Kier alpha value is -1.52. The molecule has 0 saturated heterocycles. The first kappa shape index (κ1) is 14.9. The van der Waals surface area contributed by atoms with E-state index in [0.717, 1.165) is 35.5 Å². The average Bonchev–Trinajstić information content (AvgIpc) is 2.92. The second-order valence-corrected chi connectivity index (χ2v) is 5.95. The van der Waals surface area contributed by atoms with Gasteiger partial charge in [-0.05, 0) is 42.5 Å². The van der Waals surface area contributed by atoms with Gasteiger partial charge in [0.25, 0.3) is 0 Å². The molecule has 2 rings (SSSR count). The standard InChI is InChI=1S/C16H21NO2S/c1-11(17)7-12-9-16(19-3)13(10-15(12)18-2)8-14-5-4-6-20-14/h4-6,9-11H,7-8,17H2,1-3H3. The molecule has 2 N–H and O–H groups in total. The summed E-state index contributed by atoms with van der Waals surface area (Å²) in [4.78, 5) is 1.31. The van der Waals surface area contributed by atoms with Crippen LogP contribution in [0.1, 0.15) is 22.9 Å². The zero-order valence-electron chi connectivity index (χ0n) is 12.2. The van der Waals surface area contributed by atoms with Gasteiger partial charge in [-0.1, -0.05) is 6.07 Å². The van der Waals surface area contributed by atoms with Crippen molar-refractivity contribution < 1.29 is 9.47 Å². The molecule has 0 fully saturated rings. The molecule has 0 aliphatic carbocycles. The summed E-state index contributed by atoms with van der Waals surface area (Å²) in [5.74, 6) is 1.78. The van der Waals surface area contributed by atoms with Gasteiger partial charge < -0.3 is 15.2 Å². The minimum absolute atomic E-state index is 0.0942. The van der Waals surface area contributed by atoms with E-state index in [1.807, 2.05) is 13.0 Å². The Morgan fingerprint density at radius 2 is 1.80 bits per heavy atom. The third kappa shape index (κ3) is 3.52. The number of nitrogens with two attached hydrogens (primary N) is 1. The SMILES string of the molecule is COc1cc(CC(C)N)c(OC)cc1Cc1cccs1. The monoisotopic (exact) mass is 291 g/mol. The van der Waals surface area contributed by atoms with Crippen molar-refractivity contribution in [1.82, 2.24) is 0 Å². The van der Waals surface area contributed by atoms with E-state index in [-0.39, 0.29) is 6.04 Å². The minimum Gasteiger partial charge on any atom is -0.496 e. The normalized spacial score (nSPS) is 12.2. The van der Waals surface area contributed by atoms with E-state index in [2.05, 4.69) is 23.6 Å². The van der Waals surface area contributed by atoms with E-state index >= 15 is 0 Å². The molecule has 0 spiro atoms. The Morgan fingerprint density at radius 1 is 1.15 bits per heavy atom. The predicted molar refractivity (Wildman–Crippen MR) is 84.0 cm³/mol. The smallest absolute Gasteiger partial charge is 0.122 e. The van der Waals surface area contributed by atoms with Crippen molar-refractivity contribution in [2.24, 2.45) is 5.73 Å². The third-order valence-corrected chi connectivity index (χ3v) is 4.05. The molecule has 3 nitrogen and oxygen atoms in total. The van der Waals surface area contributed by atoms with Crippen LogP contribution in [0.4, 0.5) is 0 Å². The van der Waals surface area contributed by atoms with Gasteiger partial charge in [-0.25, -0.2) is 0 Å². The lowest BCUT2D eigenvalue weighted by Gasteiger charge is -2.16. The summed E-state index contributed by atoms with van der Waals surface area (Å²) < 4.78 is 11.0. The predicted octanol–water partition coefficient (Wildman–Crippen LogP) is 3.25. The first-order valence-corrected chi connectivity index (χ1v) is 7.53. The maximum Gasteiger partial charge on any atom is 0.122 e. The van der Waals surface area contributed by atoms with E-state index in [4.69, 9.17) is 15.2 Å². The van der Waals surface area contributed by atoms with Crippen LogP contribution in [0.25, 0.3) is 0 Å². The van der Waals surface area contributed by atoms with Crippen LogP contribution < -0.4 is 15.2 Å². The Balaban J connectivity index is 2.36. The average molecular weight is 291 g/mol. The summed E-state index contributed by atoms with van der Waals surface area (Å²) in [5, 5.41) is 2.09. The van der Waals surface area contributed by atoms with Crippen molar-refractivity contribution in [3.63, 3.8) is 0 Å². The molecule has 4 heteroatoms. The summed E-state index contributed by atoms with van der Waals surface area (Å²) in [6.45, 7) is 1.99. The Morgan fingerprint density at radius 3 is 2.35 bits per heavy atom. The highest BCUT2D eigenvalue weighted by Crippen LogP contribution is 2.32. The van der Waals surface area contributed by atoms with Crippen molar-refractivity contribution >= 4 is 11.3 Å². The summed E-state index contributed by atoms with van der Waals surface area (Å²) in [7, 11) is 3.40. The van der Waals surface area contributed by atoms with Crippen LogP contribution in [0.2, 0.25) is 0 Å². The summed E-state index contributed by atoms with van der Waals surface area (Å²) in [5.41, 5.74) is 8.12. The summed E-state index contributed by atoms with van der Waals surface area (Å²) >= 11 is 1.75. The molecular formula is C16H21NO2S. The van der Waals surface area contributed by atoms with E-state index in [1.165, 1.54) is 4.88 Å². The van der Waals surface area contributed by atoms with E-state index in [9.17, 15) is 0 Å². The highest BCUT2D eigenvalue weighted by atomic mass is 32.1. The van der Waals surface area contributed by atoms with Gasteiger partial charge in [0.15, 0.2) is 0 Å². The Kier molecular flexibility index (Phi) is 5.04. The van der Waals surface area contributed by atoms with Gasteiger partial charge in [-0.2, -0.15) is 0 Å². The van der Waals surface area contributed by atoms with Crippen LogP contribution in [-0.2, 0) is 12.8 Å². The molecule has 1 unspecified atom stereocenters. The van der Waals surface area contributed by atoms with Crippen molar-refractivity contribution in [2.75, 3.05) is 14.2 Å². The fourth-order valence-electron chi connectivity index (χ4n) is 2.27. The van der Waals surface area contributed by atoms with Gasteiger partial charge in [0, 0.05) is 22.9 Å². The van der Waals surface area contributed by atoms with Gasteiger partial charge in [-0.3, -0.25) is 0 Å². The highest BCUT2D eigenvalue weighted by molar-refractivity contribution is 7.09. The lowest BCUT2D eigenvalue weighted by atomic mass is 10.0. The number of rotatable bonds is 6. The molecule has 1 heterocycles. The summed E-state index contributed by atoms with van der Waals surface area (Å²) in [6, 6.07) is 8.40. The number of benzene rings is 1. The molecular weight excluding hydrogens is 270 g/mol. The third-order valence-electron chi connectivity index (χ3n) is 3.17. The largest absolute Gasteiger partial charge is 0.496 e. The maximum absolute atomic E-state index is 5.89. The molecule has 0 saturated carbocycles. The van der Waals surface area contributed by atoms with Gasteiger partial charge >= 0.3 is 0 Å². The molecule has 0 bridgehead atoms. The van der Waals surface area contributed by atoms with E-state index < -0.39 is 0 Å². The number of hydrogen-bond donors (Lipinski definition) is 1. The molecule has 20 heavy (non-hydrogen) atoms. The van der Waals surface area contributed by atoms with Crippen LogP contribution in [0, 0.1) is 0 Å². The van der Waals surface area contributed by atoms with E-state index in [0.29, 0.717) is 0 Å². The summed E-state index contributed by atoms with van der Waals surface area (Å²) in [6.07, 6.45) is 1.63. The molecule has 108 valence electrons. The lowest BCUT2D eigenvalue weighted by molar-refractivity contribution is 0.394. The highest BCUT2D eigenvalue weighted by Gasteiger charge is 2.13. The van der Waals surface area contributed by atoms with Gasteiger partial charge in [0.2, 0.25) is 0 Å². The van der Waals surface area contributed by atoms with E-state index in [1.54, 1.807) is 25.6 Å².